The number of hydrogen-bond acceptors (Lipinski definition) is 6. The average Bonchev–Trinajstić information content (AvgIpc) is 2.50. The van der Waals surface area contributed by atoms with Crippen LogP contribution in [0.15, 0.2) is 17.7 Å². The number of benzene rings is 1. The molecule has 0 saturated carbocycles. The minimum absolute atomic E-state index is 0.141. The van der Waals surface area contributed by atoms with E-state index in [4.69, 9.17) is 19.5 Å². The normalized spacial score (nSPS) is 10.4. The zero-order valence-corrected chi connectivity index (χ0v) is 11.7. The number of carbonyl (C=O) groups excluding carboxylic acids is 1. The van der Waals surface area contributed by atoms with E-state index in [0.717, 1.165) is 0 Å². The Kier molecular flexibility index (Phi) is 5.42. The van der Waals surface area contributed by atoms with Gasteiger partial charge in [-0.25, -0.2) is 4.79 Å². The number of hydrogen-bond donors (Lipinski definition) is 0. The Bertz CT molecular complexity index is 572. The van der Waals surface area contributed by atoms with Crippen LogP contribution in [0.1, 0.15) is 5.56 Å². The van der Waals surface area contributed by atoms with Gasteiger partial charge in [-0.15, -0.1) is 0 Å². The fourth-order valence-corrected chi connectivity index (χ4v) is 1.64. The lowest BCUT2D eigenvalue weighted by Gasteiger charge is -2.14. The number of esters is 1. The van der Waals surface area contributed by atoms with E-state index in [1.807, 2.05) is 0 Å². The van der Waals surface area contributed by atoms with E-state index in [1.54, 1.807) is 18.2 Å². The zero-order valence-electron chi connectivity index (χ0n) is 11.7. The van der Waals surface area contributed by atoms with Crippen LogP contribution in [0.3, 0.4) is 0 Å². The first-order chi connectivity index (χ1) is 9.62. The van der Waals surface area contributed by atoms with Crippen LogP contribution in [0.5, 0.6) is 17.2 Å². The predicted molar refractivity (Wildman–Crippen MR) is 71.7 cm³/mol. The van der Waals surface area contributed by atoms with Crippen molar-refractivity contribution in [1.82, 2.24) is 0 Å². The van der Waals surface area contributed by atoms with Crippen molar-refractivity contribution in [3.8, 4) is 23.3 Å². The summed E-state index contributed by atoms with van der Waals surface area (Å²) < 4.78 is 20.2. The van der Waals surface area contributed by atoms with Gasteiger partial charge in [0.2, 0.25) is 5.75 Å². The molecule has 0 aliphatic heterocycles. The third-order valence-electron chi connectivity index (χ3n) is 2.56. The number of nitriles is 1. The van der Waals surface area contributed by atoms with Crippen LogP contribution in [0.2, 0.25) is 0 Å². The molecule has 106 valence electrons. The molecular weight excluding hydrogens is 262 g/mol. The van der Waals surface area contributed by atoms with Crippen molar-refractivity contribution in [1.29, 1.82) is 5.26 Å². The summed E-state index contributed by atoms with van der Waals surface area (Å²) in [6.07, 6.45) is 1.37. The molecular formula is C14H15NO5. The van der Waals surface area contributed by atoms with Gasteiger partial charge in [0.1, 0.15) is 11.6 Å². The highest BCUT2D eigenvalue weighted by Gasteiger charge is 2.17. The second-order valence-electron chi connectivity index (χ2n) is 3.58. The van der Waals surface area contributed by atoms with E-state index < -0.39 is 5.97 Å². The molecule has 0 N–H and O–H groups in total. The topological polar surface area (TPSA) is 77.8 Å². The Morgan fingerprint density at radius 3 is 2.20 bits per heavy atom. The number of methoxy groups -OCH3 is 4. The Morgan fingerprint density at radius 1 is 1.10 bits per heavy atom. The molecule has 0 atom stereocenters. The van der Waals surface area contributed by atoms with Crippen LogP contribution in [0.25, 0.3) is 6.08 Å². The smallest absolute Gasteiger partial charge is 0.348 e. The molecule has 1 aromatic rings. The van der Waals surface area contributed by atoms with E-state index in [1.165, 1.54) is 34.5 Å². The molecule has 0 aromatic heterocycles. The van der Waals surface area contributed by atoms with Gasteiger partial charge in [0.05, 0.1) is 28.4 Å². The maximum atomic E-state index is 11.4. The molecule has 0 spiro atoms. The van der Waals surface area contributed by atoms with Gasteiger partial charge < -0.3 is 18.9 Å². The summed E-state index contributed by atoms with van der Waals surface area (Å²) in [6, 6.07) is 5.08. The zero-order chi connectivity index (χ0) is 15.1. The SMILES string of the molecule is COC(=O)/C(C#N)=C/c1ccc(OC)c(OC)c1OC. The van der Waals surface area contributed by atoms with E-state index in [2.05, 4.69) is 4.74 Å². The van der Waals surface area contributed by atoms with Gasteiger partial charge in [0.25, 0.3) is 0 Å². The highest BCUT2D eigenvalue weighted by molar-refractivity contribution is 5.98. The molecule has 0 aliphatic rings. The maximum Gasteiger partial charge on any atom is 0.348 e. The minimum atomic E-state index is -0.718. The molecule has 0 unspecified atom stereocenters. The Morgan fingerprint density at radius 2 is 1.75 bits per heavy atom. The van der Waals surface area contributed by atoms with Gasteiger partial charge >= 0.3 is 5.97 Å². The van der Waals surface area contributed by atoms with Crippen molar-refractivity contribution in [2.24, 2.45) is 0 Å². The third-order valence-corrected chi connectivity index (χ3v) is 2.56. The van der Waals surface area contributed by atoms with Gasteiger partial charge in [-0.3, -0.25) is 0 Å². The van der Waals surface area contributed by atoms with Crippen LogP contribution < -0.4 is 14.2 Å². The van der Waals surface area contributed by atoms with Gasteiger partial charge in [0.15, 0.2) is 11.5 Å². The lowest BCUT2D eigenvalue weighted by atomic mass is 10.1. The summed E-state index contributed by atoms with van der Waals surface area (Å²) >= 11 is 0. The molecule has 0 saturated heterocycles. The van der Waals surface area contributed by atoms with Crippen molar-refractivity contribution in [2.45, 2.75) is 0 Å². The number of ether oxygens (including phenoxy) is 4. The van der Waals surface area contributed by atoms with E-state index in [-0.39, 0.29) is 5.57 Å². The van der Waals surface area contributed by atoms with Crippen molar-refractivity contribution >= 4 is 12.0 Å². The van der Waals surface area contributed by atoms with Gasteiger partial charge in [-0.1, -0.05) is 0 Å². The molecule has 0 bridgehead atoms. The first-order valence-electron chi connectivity index (χ1n) is 5.62. The summed E-state index contributed by atoms with van der Waals surface area (Å²) in [5, 5.41) is 8.96. The molecule has 20 heavy (non-hydrogen) atoms. The van der Waals surface area contributed by atoms with Crippen molar-refractivity contribution in [2.75, 3.05) is 28.4 Å². The minimum Gasteiger partial charge on any atom is -0.493 e. The molecule has 1 aromatic carbocycles. The Balaban J connectivity index is 3.43. The molecule has 0 aliphatic carbocycles. The Labute approximate surface area is 117 Å². The molecule has 0 fully saturated rings. The summed E-state index contributed by atoms with van der Waals surface area (Å²) in [4.78, 5) is 11.4. The summed E-state index contributed by atoms with van der Waals surface area (Å²) in [5.74, 6) is 0.511. The highest BCUT2D eigenvalue weighted by atomic mass is 16.5. The fourth-order valence-electron chi connectivity index (χ4n) is 1.64. The maximum absolute atomic E-state index is 11.4. The van der Waals surface area contributed by atoms with Crippen molar-refractivity contribution < 1.29 is 23.7 Å². The molecule has 0 amide bonds. The second-order valence-corrected chi connectivity index (χ2v) is 3.58. The molecule has 6 nitrogen and oxygen atoms in total. The lowest BCUT2D eigenvalue weighted by Crippen LogP contribution is -2.03. The van der Waals surface area contributed by atoms with Crippen molar-refractivity contribution in [3.63, 3.8) is 0 Å². The molecule has 0 radical (unpaired) electrons. The van der Waals surface area contributed by atoms with Crippen molar-refractivity contribution in [3.05, 3.63) is 23.3 Å². The van der Waals surface area contributed by atoms with Crippen LogP contribution in [-0.2, 0) is 9.53 Å². The number of nitrogens with zero attached hydrogens (tertiary/aromatic N) is 1. The number of carbonyl (C=O) groups is 1. The van der Waals surface area contributed by atoms with Crippen LogP contribution in [-0.4, -0.2) is 34.4 Å². The first kappa shape index (κ1) is 15.4. The first-order valence-corrected chi connectivity index (χ1v) is 5.62. The van der Waals surface area contributed by atoms with E-state index in [9.17, 15) is 4.79 Å². The third kappa shape index (κ3) is 3.01. The van der Waals surface area contributed by atoms with E-state index in [0.29, 0.717) is 22.8 Å². The quantitative estimate of drug-likeness (QED) is 0.464. The monoisotopic (exact) mass is 277 g/mol. The van der Waals surface area contributed by atoms with E-state index >= 15 is 0 Å². The van der Waals surface area contributed by atoms with Gasteiger partial charge in [0, 0.05) is 5.56 Å². The van der Waals surface area contributed by atoms with Crippen LogP contribution in [0, 0.1) is 11.3 Å². The largest absolute Gasteiger partial charge is 0.493 e. The summed E-state index contributed by atoms with van der Waals surface area (Å²) in [7, 11) is 5.64. The number of rotatable bonds is 5. The molecule has 6 heteroatoms. The van der Waals surface area contributed by atoms with Crippen LogP contribution in [0.4, 0.5) is 0 Å². The molecule has 0 heterocycles. The summed E-state index contributed by atoms with van der Waals surface area (Å²) in [6.45, 7) is 0. The highest BCUT2D eigenvalue weighted by Crippen LogP contribution is 2.40. The lowest BCUT2D eigenvalue weighted by molar-refractivity contribution is -0.135. The van der Waals surface area contributed by atoms with Gasteiger partial charge in [-0.05, 0) is 18.2 Å². The van der Waals surface area contributed by atoms with Gasteiger partial charge in [-0.2, -0.15) is 5.26 Å². The standard InChI is InChI=1S/C14H15NO5/c1-17-11-6-5-9(12(18-2)13(11)19-3)7-10(8-15)14(16)20-4/h5-7H,1-4H3/b10-7+. The predicted octanol–water partition coefficient (Wildman–Crippen LogP) is 1.79. The second kappa shape index (κ2) is 7.04. The molecule has 1 rings (SSSR count). The summed E-state index contributed by atoms with van der Waals surface area (Å²) in [5.41, 5.74) is 0.366. The average molecular weight is 277 g/mol. The van der Waals surface area contributed by atoms with Crippen LogP contribution >= 0.6 is 0 Å². The fraction of sp³-hybridized carbons (Fsp3) is 0.286. The Hall–Kier alpha value is -2.68.